The van der Waals surface area contributed by atoms with Crippen LogP contribution in [-0.4, -0.2) is 4.98 Å². The molecule has 4 aromatic carbocycles. The minimum Gasteiger partial charge on any atom is -0.354 e. The molecule has 0 atom stereocenters. The van der Waals surface area contributed by atoms with Crippen molar-refractivity contribution in [3.05, 3.63) is 115 Å². The Balaban J connectivity index is 1.64. The summed E-state index contributed by atoms with van der Waals surface area (Å²) in [6.07, 6.45) is 0. The first kappa shape index (κ1) is 18.1. The van der Waals surface area contributed by atoms with Crippen molar-refractivity contribution in [3.8, 4) is 22.4 Å². The highest BCUT2D eigenvalue weighted by atomic mass is 19.1. The second-order valence-corrected chi connectivity index (χ2v) is 7.12. The zero-order valence-corrected chi connectivity index (χ0v) is 16.2. The van der Waals surface area contributed by atoms with Gasteiger partial charge < -0.3 is 5.32 Å². The van der Waals surface area contributed by atoms with E-state index in [1.165, 1.54) is 12.1 Å². The van der Waals surface area contributed by atoms with Gasteiger partial charge in [0.2, 0.25) is 0 Å². The van der Waals surface area contributed by atoms with Crippen molar-refractivity contribution in [2.45, 2.75) is 0 Å². The fourth-order valence-corrected chi connectivity index (χ4v) is 3.65. The molecule has 0 saturated heterocycles. The molecule has 0 aliphatic rings. The van der Waals surface area contributed by atoms with Crippen molar-refractivity contribution in [1.29, 1.82) is 0 Å². The van der Waals surface area contributed by atoms with Crippen LogP contribution < -0.4 is 5.32 Å². The van der Waals surface area contributed by atoms with Crippen LogP contribution in [0.15, 0.2) is 109 Å². The number of hydrogen-bond acceptors (Lipinski definition) is 2. The maximum absolute atomic E-state index is 13.4. The SMILES string of the molecule is Fc1ccc(-c2cc(Nc3ccccc3-c3ccccc3)c3ccccc3n2)cc1. The Hall–Kier alpha value is -3.98. The van der Waals surface area contributed by atoms with Gasteiger partial charge in [-0.05, 0) is 48.0 Å². The Morgan fingerprint density at radius 1 is 0.600 bits per heavy atom. The van der Waals surface area contributed by atoms with Gasteiger partial charge in [0.1, 0.15) is 5.82 Å². The van der Waals surface area contributed by atoms with Crippen molar-refractivity contribution in [2.75, 3.05) is 5.32 Å². The van der Waals surface area contributed by atoms with E-state index in [4.69, 9.17) is 4.98 Å². The van der Waals surface area contributed by atoms with Crippen molar-refractivity contribution in [2.24, 2.45) is 0 Å². The van der Waals surface area contributed by atoms with Crippen LogP contribution in [0.1, 0.15) is 0 Å². The van der Waals surface area contributed by atoms with Gasteiger partial charge in [-0.1, -0.05) is 66.7 Å². The molecule has 0 saturated carbocycles. The van der Waals surface area contributed by atoms with Crippen LogP contribution in [-0.2, 0) is 0 Å². The molecule has 1 aromatic heterocycles. The molecule has 0 bridgehead atoms. The van der Waals surface area contributed by atoms with Crippen molar-refractivity contribution >= 4 is 22.3 Å². The van der Waals surface area contributed by atoms with Crippen LogP contribution in [0.25, 0.3) is 33.3 Å². The molecule has 0 aliphatic carbocycles. The lowest BCUT2D eigenvalue weighted by atomic mass is 10.0. The maximum atomic E-state index is 13.4. The molecule has 1 N–H and O–H groups in total. The third-order valence-corrected chi connectivity index (χ3v) is 5.14. The highest BCUT2D eigenvalue weighted by molar-refractivity contribution is 5.97. The molecule has 1 heterocycles. The summed E-state index contributed by atoms with van der Waals surface area (Å²) in [4.78, 5) is 4.80. The molecule has 144 valence electrons. The minimum absolute atomic E-state index is 0.255. The van der Waals surface area contributed by atoms with Gasteiger partial charge in [0.05, 0.1) is 16.9 Å². The second kappa shape index (κ2) is 7.80. The molecule has 0 radical (unpaired) electrons. The van der Waals surface area contributed by atoms with E-state index >= 15 is 0 Å². The number of nitrogens with zero attached hydrogens (tertiary/aromatic N) is 1. The monoisotopic (exact) mass is 390 g/mol. The van der Waals surface area contributed by atoms with Gasteiger partial charge in [-0.15, -0.1) is 0 Å². The molecule has 0 unspecified atom stereocenters. The molecular weight excluding hydrogens is 371 g/mol. The van der Waals surface area contributed by atoms with Crippen LogP contribution in [0.4, 0.5) is 15.8 Å². The summed E-state index contributed by atoms with van der Waals surface area (Å²) in [5, 5.41) is 4.66. The quantitative estimate of drug-likeness (QED) is 0.345. The van der Waals surface area contributed by atoms with Gasteiger partial charge in [0, 0.05) is 22.2 Å². The van der Waals surface area contributed by atoms with Gasteiger partial charge in [0.25, 0.3) is 0 Å². The first-order valence-corrected chi connectivity index (χ1v) is 9.85. The predicted molar refractivity (Wildman–Crippen MR) is 122 cm³/mol. The van der Waals surface area contributed by atoms with Gasteiger partial charge in [-0.2, -0.15) is 0 Å². The lowest BCUT2D eigenvalue weighted by molar-refractivity contribution is 0.628. The lowest BCUT2D eigenvalue weighted by Gasteiger charge is -2.15. The first-order chi connectivity index (χ1) is 14.8. The molecule has 3 heteroatoms. The number of nitrogens with one attached hydrogen (secondary N) is 1. The minimum atomic E-state index is -0.255. The predicted octanol–water partition coefficient (Wildman–Crippen LogP) is 7.45. The topological polar surface area (TPSA) is 24.9 Å². The summed E-state index contributed by atoms with van der Waals surface area (Å²) in [6, 6.07) is 35.1. The largest absolute Gasteiger partial charge is 0.354 e. The standard InChI is InChI=1S/C27H19FN2/c28-21-16-14-20(15-17-21)26-18-27(23-11-5-7-13-25(23)29-26)30-24-12-6-4-10-22(24)19-8-2-1-3-9-19/h1-18H,(H,29,30). The highest BCUT2D eigenvalue weighted by Crippen LogP contribution is 2.34. The Morgan fingerprint density at radius 3 is 2.13 bits per heavy atom. The normalized spacial score (nSPS) is 10.8. The number of hydrogen-bond donors (Lipinski definition) is 1. The summed E-state index contributed by atoms with van der Waals surface area (Å²) < 4.78 is 13.4. The van der Waals surface area contributed by atoms with E-state index in [9.17, 15) is 4.39 Å². The molecule has 30 heavy (non-hydrogen) atoms. The van der Waals surface area contributed by atoms with Crippen molar-refractivity contribution in [1.82, 2.24) is 4.98 Å². The zero-order valence-electron chi connectivity index (χ0n) is 16.2. The van der Waals surface area contributed by atoms with E-state index in [1.807, 2.05) is 54.6 Å². The van der Waals surface area contributed by atoms with Crippen LogP contribution >= 0.6 is 0 Å². The van der Waals surface area contributed by atoms with Crippen molar-refractivity contribution < 1.29 is 4.39 Å². The maximum Gasteiger partial charge on any atom is 0.123 e. The van der Waals surface area contributed by atoms with E-state index in [1.54, 1.807) is 12.1 Å². The molecule has 5 rings (SSSR count). The smallest absolute Gasteiger partial charge is 0.123 e. The molecule has 2 nitrogen and oxygen atoms in total. The molecule has 0 spiro atoms. The Kier molecular flexibility index (Phi) is 4.70. The van der Waals surface area contributed by atoms with Crippen molar-refractivity contribution in [3.63, 3.8) is 0 Å². The van der Waals surface area contributed by atoms with Crippen LogP contribution in [0.2, 0.25) is 0 Å². The van der Waals surface area contributed by atoms with Crippen LogP contribution in [0.5, 0.6) is 0 Å². The van der Waals surface area contributed by atoms with Gasteiger partial charge in [0.15, 0.2) is 0 Å². The fourth-order valence-electron chi connectivity index (χ4n) is 3.65. The second-order valence-electron chi connectivity index (χ2n) is 7.12. The van der Waals surface area contributed by atoms with E-state index in [0.29, 0.717) is 0 Å². The van der Waals surface area contributed by atoms with Gasteiger partial charge >= 0.3 is 0 Å². The summed E-state index contributed by atoms with van der Waals surface area (Å²) in [5.41, 5.74) is 6.82. The fraction of sp³-hybridized carbons (Fsp3) is 0. The number of fused-ring (bicyclic) bond motifs is 1. The summed E-state index contributed by atoms with van der Waals surface area (Å²) >= 11 is 0. The third kappa shape index (κ3) is 3.53. The summed E-state index contributed by atoms with van der Waals surface area (Å²) in [5.74, 6) is -0.255. The number of benzene rings is 4. The number of aromatic nitrogens is 1. The average Bonchev–Trinajstić information content (AvgIpc) is 2.80. The number of para-hydroxylation sites is 2. The number of anilines is 2. The van der Waals surface area contributed by atoms with Crippen LogP contribution in [0, 0.1) is 5.82 Å². The van der Waals surface area contributed by atoms with Gasteiger partial charge in [-0.3, -0.25) is 0 Å². The zero-order chi connectivity index (χ0) is 20.3. The molecular formula is C27H19FN2. The Morgan fingerprint density at radius 2 is 1.30 bits per heavy atom. The van der Waals surface area contributed by atoms with Crippen LogP contribution in [0.3, 0.4) is 0 Å². The molecule has 0 fully saturated rings. The Labute approximate surface area is 174 Å². The Bertz CT molecular complexity index is 1310. The number of halogens is 1. The van der Waals surface area contributed by atoms with E-state index in [0.717, 1.165) is 44.7 Å². The summed E-state index contributed by atoms with van der Waals surface area (Å²) in [6.45, 7) is 0. The molecule has 0 aliphatic heterocycles. The summed E-state index contributed by atoms with van der Waals surface area (Å²) in [7, 11) is 0. The third-order valence-electron chi connectivity index (χ3n) is 5.14. The van der Waals surface area contributed by atoms with Gasteiger partial charge in [-0.25, -0.2) is 9.37 Å². The molecule has 0 amide bonds. The van der Waals surface area contributed by atoms with E-state index < -0.39 is 0 Å². The lowest BCUT2D eigenvalue weighted by Crippen LogP contribution is -1.97. The molecule has 5 aromatic rings. The van der Waals surface area contributed by atoms with E-state index in [-0.39, 0.29) is 5.82 Å². The highest BCUT2D eigenvalue weighted by Gasteiger charge is 2.10. The number of rotatable bonds is 4. The number of pyridine rings is 1. The average molecular weight is 390 g/mol. The first-order valence-electron chi connectivity index (χ1n) is 9.85. The van der Waals surface area contributed by atoms with E-state index in [2.05, 4.69) is 35.6 Å².